The van der Waals surface area contributed by atoms with Gasteiger partial charge in [-0.05, 0) is 6.42 Å². The Balaban J connectivity index is 2.34. The quantitative estimate of drug-likeness (QED) is 0.470. The van der Waals surface area contributed by atoms with Gasteiger partial charge in [-0.25, -0.2) is 0 Å². The Bertz CT molecular complexity index is 238. The summed E-state index contributed by atoms with van der Waals surface area (Å²) >= 11 is 0. The summed E-state index contributed by atoms with van der Waals surface area (Å²) in [6, 6.07) is 0. The van der Waals surface area contributed by atoms with Crippen LogP contribution in [0.4, 0.5) is 0 Å². The van der Waals surface area contributed by atoms with Gasteiger partial charge in [-0.3, -0.25) is 0 Å². The number of allylic oxidation sites excluding steroid dienone is 3. The number of rotatable bonds is 0. The van der Waals surface area contributed by atoms with Gasteiger partial charge >= 0.3 is 0 Å². The highest BCUT2D eigenvalue weighted by Crippen LogP contribution is 2.17. The van der Waals surface area contributed by atoms with Crippen molar-refractivity contribution in [3.8, 4) is 0 Å². The van der Waals surface area contributed by atoms with Crippen LogP contribution in [0.2, 0.25) is 0 Å². The molecule has 1 atom stereocenters. The fourth-order valence-electron chi connectivity index (χ4n) is 1.36. The van der Waals surface area contributed by atoms with E-state index in [0.29, 0.717) is 6.54 Å². The zero-order valence-electron chi connectivity index (χ0n) is 5.63. The van der Waals surface area contributed by atoms with Crippen LogP contribution in [0, 0.1) is 5.21 Å². The lowest BCUT2D eigenvalue weighted by Crippen LogP contribution is -3.00. The molecule has 0 bridgehead atoms. The van der Waals surface area contributed by atoms with Gasteiger partial charge in [-0.15, -0.1) is 0 Å². The molecule has 1 aliphatic carbocycles. The minimum absolute atomic E-state index is 0.243. The van der Waals surface area contributed by atoms with Gasteiger partial charge in [0.15, 0.2) is 0 Å². The molecular weight excluding hydrogens is 126 g/mol. The summed E-state index contributed by atoms with van der Waals surface area (Å²) in [5.41, 5.74) is 2.34. The topological polar surface area (TPSA) is 27.5 Å². The predicted molar refractivity (Wildman–Crippen MR) is 39.1 cm³/mol. The summed E-state index contributed by atoms with van der Waals surface area (Å²) in [6.45, 7) is 0.625. The number of hydrogen-bond donors (Lipinski definition) is 1. The SMILES string of the molecule is [O-][NH+]1C=C2C=CCC=C2C1. The van der Waals surface area contributed by atoms with Crippen molar-refractivity contribution < 1.29 is 5.06 Å². The molecule has 2 rings (SSSR count). The smallest absolute Gasteiger partial charge is 0.107 e. The van der Waals surface area contributed by atoms with Crippen molar-refractivity contribution >= 4 is 0 Å². The maximum atomic E-state index is 10.9. The van der Waals surface area contributed by atoms with Crippen molar-refractivity contribution in [3.63, 3.8) is 0 Å². The lowest BCUT2D eigenvalue weighted by atomic mass is 10.0. The Hall–Kier alpha value is -0.860. The normalized spacial score (nSPS) is 29.5. The van der Waals surface area contributed by atoms with Crippen LogP contribution in [0.15, 0.2) is 35.6 Å². The van der Waals surface area contributed by atoms with Crippen molar-refractivity contribution in [1.29, 1.82) is 0 Å². The van der Waals surface area contributed by atoms with E-state index >= 15 is 0 Å². The Labute approximate surface area is 59.7 Å². The molecule has 52 valence electrons. The number of hydroxylamine groups is 2. The summed E-state index contributed by atoms with van der Waals surface area (Å²) < 4.78 is 0. The molecule has 0 saturated carbocycles. The first-order chi connectivity index (χ1) is 4.86. The molecular formula is C8H9NO. The Morgan fingerprint density at radius 2 is 2.40 bits per heavy atom. The number of fused-ring (bicyclic) bond motifs is 1. The third-order valence-corrected chi connectivity index (χ3v) is 1.85. The monoisotopic (exact) mass is 135 g/mol. The van der Waals surface area contributed by atoms with Gasteiger partial charge in [0.05, 0.1) is 0 Å². The number of nitrogens with one attached hydrogen (secondary N) is 1. The van der Waals surface area contributed by atoms with Crippen molar-refractivity contribution in [2.24, 2.45) is 0 Å². The standard InChI is InChI=1S/C8H9NO/c10-9-5-7-3-1-2-4-8(7)6-9/h1,3-5,9H,2,6H2. The van der Waals surface area contributed by atoms with E-state index in [4.69, 9.17) is 0 Å². The molecule has 0 fully saturated rings. The van der Waals surface area contributed by atoms with Crippen LogP contribution in [-0.2, 0) is 0 Å². The van der Waals surface area contributed by atoms with Crippen LogP contribution in [0.1, 0.15) is 6.42 Å². The van der Waals surface area contributed by atoms with Gasteiger partial charge in [0.2, 0.25) is 0 Å². The van der Waals surface area contributed by atoms with Crippen LogP contribution in [-0.4, -0.2) is 6.54 Å². The molecule has 2 heteroatoms. The molecule has 0 radical (unpaired) electrons. The fraction of sp³-hybridized carbons (Fsp3) is 0.250. The summed E-state index contributed by atoms with van der Waals surface area (Å²) in [4.78, 5) is 0. The first kappa shape index (κ1) is 5.89. The maximum absolute atomic E-state index is 10.9. The number of quaternary nitrogens is 1. The third kappa shape index (κ3) is 0.818. The second-order valence-corrected chi connectivity index (χ2v) is 2.61. The van der Waals surface area contributed by atoms with E-state index in [0.717, 1.165) is 12.0 Å². The van der Waals surface area contributed by atoms with Crippen molar-refractivity contribution in [1.82, 2.24) is 0 Å². The van der Waals surface area contributed by atoms with Gasteiger partial charge in [0.1, 0.15) is 12.7 Å². The highest BCUT2D eigenvalue weighted by molar-refractivity contribution is 5.44. The summed E-state index contributed by atoms with van der Waals surface area (Å²) in [7, 11) is 0. The fourth-order valence-corrected chi connectivity index (χ4v) is 1.36. The Kier molecular flexibility index (Phi) is 1.22. The largest absolute Gasteiger partial charge is 0.629 e. The van der Waals surface area contributed by atoms with E-state index in [9.17, 15) is 5.21 Å². The second kappa shape index (κ2) is 2.08. The molecule has 0 aromatic carbocycles. The minimum atomic E-state index is 0.243. The molecule has 1 unspecified atom stereocenters. The molecule has 2 nitrogen and oxygen atoms in total. The van der Waals surface area contributed by atoms with Gasteiger partial charge in [0, 0.05) is 11.1 Å². The maximum Gasteiger partial charge on any atom is 0.107 e. The molecule has 1 heterocycles. The van der Waals surface area contributed by atoms with Gasteiger partial charge in [-0.2, -0.15) is 0 Å². The number of hydrogen-bond acceptors (Lipinski definition) is 1. The van der Waals surface area contributed by atoms with Crippen molar-refractivity contribution in [3.05, 3.63) is 40.8 Å². The molecule has 0 saturated heterocycles. The molecule has 10 heavy (non-hydrogen) atoms. The molecule has 0 aromatic heterocycles. The highest BCUT2D eigenvalue weighted by Gasteiger charge is 2.16. The zero-order chi connectivity index (χ0) is 6.97. The predicted octanol–water partition coefficient (Wildman–Crippen LogP) is 0.153. The van der Waals surface area contributed by atoms with Crippen molar-refractivity contribution in [2.45, 2.75) is 6.42 Å². The molecule has 0 amide bonds. The minimum Gasteiger partial charge on any atom is -0.629 e. The average molecular weight is 135 g/mol. The summed E-state index contributed by atoms with van der Waals surface area (Å²) in [5.74, 6) is 0. The van der Waals surface area contributed by atoms with E-state index in [2.05, 4.69) is 12.2 Å². The summed E-state index contributed by atoms with van der Waals surface area (Å²) in [6.07, 6.45) is 8.94. The lowest BCUT2D eigenvalue weighted by molar-refractivity contribution is -0.780. The van der Waals surface area contributed by atoms with Gasteiger partial charge in [0.25, 0.3) is 0 Å². The molecule has 2 aliphatic rings. The Morgan fingerprint density at radius 3 is 3.20 bits per heavy atom. The van der Waals surface area contributed by atoms with Crippen LogP contribution in [0.3, 0.4) is 0 Å². The average Bonchev–Trinajstić information content (AvgIpc) is 2.27. The third-order valence-electron chi connectivity index (χ3n) is 1.85. The van der Waals surface area contributed by atoms with Crippen molar-refractivity contribution in [2.75, 3.05) is 6.54 Å². The molecule has 1 aliphatic heterocycles. The van der Waals surface area contributed by atoms with Crippen LogP contribution >= 0.6 is 0 Å². The van der Waals surface area contributed by atoms with Crippen LogP contribution in [0.25, 0.3) is 0 Å². The van der Waals surface area contributed by atoms with E-state index in [1.807, 2.05) is 6.08 Å². The van der Waals surface area contributed by atoms with E-state index in [1.54, 1.807) is 6.20 Å². The second-order valence-electron chi connectivity index (χ2n) is 2.61. The molecule has 0 spiro atoms. The first-order valence-corrected chi connectivity index (χ1v) is 3.47. The lowest BCUT2D eigenvalue weighted by Gasteiger charge is -2.10. The van der Waals surface area contributed by atoms with E-state index < -0.39 is 0 Å². The zero-order valence-corrected chi connectivity index (χ0v) is 5.63. The highest BCUT2D eigenvalue weighted by atomic mass is 16.5. The van der Waals surface area contributed by atoms with Gasteiger partial charge in [-0.1, -0.05) is 18.2 Å². The van der Waals surface area contributed by atoms with Gasteiger partial charge < -0.3 is 10.3 Å². The van der Waals surface area contributed by atoms with E-state index in [-0.39, 0.29) is 5.06 Å². The molecule has 0 aromatic rings. The van der Waals surface area contributed by atoms with Crippen LogP contribution in [0.5, 0.6) is 0 Å². The molecule has 1 N–H and O–H groups in total. The van der Waals surface area contributed by atoms with Crippen LogP contribution < -0.4 is 5.06 Å². The summed E-state index contributed by atoms with van der Waals surface area (Å²) in [5, 5.41) is 11.1. The first-order valence-electron chi connectivity index (χ1n) is 3.47. The van der Waals surface area contributed by atoms with E-state index in [1.165, 1.54) is 5.57 Å². The Morgan fingerprint density at radius 1 is 1.50 bits per heavy atom.